The third-order valence-corrected chi connectivity index (χ3v) is 6.69. The number of halogens is 1. The molecule has 168 valence electrons. The van der Waals surface area contributed by atoms with Crippen LogP contribution in [0.1, 0.15) is 56.7 Å². The molecule has 1 aliphatic rings. The number of nitrogens with zero attached hydrogens (tertiary/aromatic N) is 5. The Balaban J connectivity index is 1.65. The molecule has 0 aromatic carbocycles. The SMILES string of the molecule is CCN1CCC(c2ncc3[nH]c(-c4cc(OC)c5ncnn5c4)c(C(C)C)c3c2F)CC1. The summed E-state index contributed by atoms with van der Waals surface area (Å²) in [6.07, 6.45) is 7.07. The Bertz CT molecular complexity index is 1270. The predicted molar refractivity (Wildman–Crippen MR) is 123 cm³/mol. The number of aromatic nitrogens is 5. The van der Waals surface area contributed by atoms with Crippen LogP contribution < -0.4 is 4.74 Å². The first-order chi connectivity index (χ1) is 15.5. The van der Waals surface area contributed by atoms with E-state index in [2.05, 4.69) is 45.7 Å². The topological polar surface area (TPSA) is 71.3 Å². The number of methoxy groups -OCH3 is 1. The number of likely N-dealkylation sites (tertiary alicyclic amines) is 1. The van der Waals surface area contributed by atoms with Crippen molar-refractivity contribution < 1.29 is 9.13 Å². The van der Waals surface area contributed by atoms with Crippen molar-refractivity contribution in [2.24, 2.45) is 0 Å². The van der Waals surface area contributed by atoms with Crippen molar-refractivity contribution in [3.05, 3.63) is 41.9 Å². The number of piperidine rings is 1. The van der Waals surface area contributed by atoms with Gasteiger partial charge in [0.1, 0.15) is 6.33 Å². The zero-order valence-corrected chi connectivity index (χ0v) is 19.0. The molecule has 0 radical (unpaired) electrons. The lowest BCUT2D eigenvalue weighted by atomic mass is 9.90. The minimum absolute atomic E-state index is 0.114. The number of H-pyrrole nitrogens is 1. The van der Waals surface area contributed by atoms with Gasteiger partial charge in [-0.1, -0.05) is 20.8 Å². The second kappa shape index (κ2) is 8.16. The largest absolute Gasteiger partial charge is 0.493 e. The maximum Gasteiger partial charge on any atom is 0.197 e. The zero-order chi connectivity index (χ0) is 22.4. The molecular weight excluding hydrogens is 407 g/mol. The third kappa shape index (κ3) is 3.33. The fourth-order valence-electron chi connectivity index (χ4n) is 4.98. The van der Waals surface area contributed by atoms with Crippen molar-refractivity contribution in [3.8, 4) is 17.0 Å². The molecule has 0 bridgehead atoms. The van der Waals surface area contributed by atoms with E-state index in [1.165, 1.54) is 6.33 Å². The summed E-state index contributed by atoms with van der Waals surface area (Å²) in [5, 5.41) is 4.92. The Kier molecular flexibility index (Phi) is 5.33. The van der Waals surface area contributed by atoms with Gasteiger partial charge < -0.3 is 14.6 Å². The summed E-state index contributed by atoms with van der Waals surface area (Å²) in [5.41, 5.74) is 4.65. The highest BCUT2D eigenvalue weighted by Gasteiger charge is 2.28. The summed E-state index contributed by atoms with van der Waals surface area (Å²) < 4.78 is 23.2. The molecule has 0 unspecified atom stereocenters. The fraction of sp³-hybridized carbons (Fsp3) is 0.458. The van der Waals surface area contributed by atoms with Crippen molar-refractivity contribution in [1.29, 1.82) is 0 Å². The molecule has 0 amide bonds. The van der Waals surface area contributed by atoms with Crippen LogP contribution >= 0.6 is 0 Å². The molecule has 1 fully saturated rings. The molecule has 8 heteroatoms. The van der Waals surface area contributed by atoms with E-state index in [1.54, 1.807) is 17.8 Å². The summed E-state index contributed by atoms with van der Waals surface area (Å²) in [7, 11) is 1.61. The van der Waals surface area contributed by atoms with Crippen LogP contribution in [0.3, 0.4) is 0 Å². The Morgan fingerprint density at radius 3 is 2.72 bits per heavy atom. The minimum atomic E-state index is -0.183. The van der Waals surface area contributed by atoms with Crippen molar-refractivity contribution in [1.82, 2.24) is 29.5 Å². The number of rotatable bonds is 5. The molecule has 0 aliphatic carbocycles. The van der Waals surface area contributed by atoms with Gasteiger partial charge in [0, 0.05) is 23.1 Å². The van der Waals surface area contributed by atoms with Gasteiger partial charge in [-0.15, -0.1) is 0 Å². The normalized spacial score (nSPS) is 15.9. The van der Waals surface area contributed by atoms with E-state index in [-0.39, 0.29) is 17.7 Å². The first kappa shape index (κ1) is 20.9. The maximum absolute atomic E-state index is 16.0. The van der Waals surface area contributed by atoms with Crippen LogP contribution in [-0.2, 0) is 0 Å². The van der Waals surface area contributed by atoms with E-state index in [0.29, 0.717) is 28.0 Å². The van der Waals surface area contributed by atoms with Crippen molar-refractivity contribution in [2.75, 3.05) is 26.7 Å². The Morgan fingerprint density at radius 1 is 1.25 bits per heavy atom. The second-order valence-electron chi connectivity index (χ2n) is 8.85. The van der Waals surface area contributed by atoms with E-state index in [9.17, 15) is 0 Å². The van der Waals surface area contributed by atoms with Gasteiger partial charge in [0.2, 0.25) is 0 Å². The maximum atomic E-state index is 16.0. The van der Waals surface area contributed by atoms with Gasteiger partial charge in [-0.2, -0.15) is 5.10 Å². The second-order valence-corrected chi connectivity index (χ2v) is 8.85. The number of hydrogen-bond donors (Lipinski definition) is 1. The van der Waals surface area contributed by atoms with Gasteiger partial charge >= 0.3 is 0 Å². The smallest absolute Gasteiger partial charge is 0.197 e. The van der Waals surface area contributed by atoms with E-state index in [0.717, 1.165) is 49.3 Å². The van der Waals surface area contributed by atoms with Crippen LogP contribution in [0, 0.1) is 5.82 Å². The molecule has 0 atom stereocenters. The van der Waals surface area contributed by atoms with E-state index < -0.39 is 0 Å². The Hall–Kier alpha value is -3.00. The zero-order valence-electron chi connectivity index (χ0n) is 19.0. The first-order valence-corrected chi connectivity index (χ1v) is 11.3. The van der Waals surface area contributed by atoms with Crippen molar-refractivity contribution >= 4 is 16.6 Å². The third-order valence-electron chi connectivity index (χ3n) is 6.69. The van der Waals surface area contributed by atoms with Crippen LogP contribution in [-0.4, -0.2) is 56.2 Å². The quantitative estimate of drug-likeness (QED) is 0.489. The van der Waals surface area contributed by atoms with Gasteiger partial charge in [-0.05, 0) is 50.0 Å². The number of fused-ring (bicyclic) bond motifs is 2. The molecule has 4 aromatic heterocycles. The standard InChI is InChI=1S/C24H29FN6O/c1-5-30-8-6-15(7-9-30)23-21(25)20-17(11-26-23)29-22(19(20)14(2)3)16-10-18(32-4)24-27-13-28-31(24)12-16/h10-15,29H,5-9H2,1-4H3. The molecule has 4 aromatic rings. The number of nitrogens with one attached hydrogen (secondary N) is 1. The highest BCUT2D eigenvalue weighted by molar-refractivity contribution is 5.92. The number of pyridine rings is 2. The van der Waals surface area contributed by atoms with Gasteiger partial charge in [0.15, 0.2) is 17.2 Å². The lowest BCUT2D eigenvalue weighted by molar-refractivity contribution is 0.219. The molecule has 1 saturated heterocycles. The molecule has 7 nitrogen and oxygen atoms in total. The van der Waals surface area contributed by atoms with Crippen LogP contribution in [0.15, 0.2) is 24.8 Å². The monoisotopic (exact) mass is 436 g/mol. The highest BCUT2D eigenvalue weighted by Crippen LogP contribution is 2.40. The lowest BCUT2D eigenvalue weighted by Crippen LogP contribution is -2.33. The average Bonchev–Trinajstić information content (AvgIpc) is 3.44. The van der Waals surface area contributed by atoms with Crippen LogP contribution in [0.4, 0.5) is 4.39 Å². The molecule has 0 saturated carbocycles. The van der Waals surface area contributed by atoms with Gasteiger partial charge in [-0.25, -0.2) is 13.9 Å². The van der Waals surface area contributed by atoms with Crippen molar-refractivity contribution in [2.45, 2.75) is 45.4 Å². The predicted octanol–water partition coefficient (Wildman–Crippen LogP) is 4.74. The van der Waals surface area contributed by atoms with E-state index in [1.807, 2.05) is 12.3 Å². The number of hydrogen-bond acceptors (Lipinski definition) is 5. The molecule has 5 rings (SSSR count). The van der Waals surface area contributed by atoms with E-state index >= 15 is 4.39 Å². The summed E-state index contributed by atoms with van der Waals surface area (Å²) in [4.78, 5) is 14.7. The highest BCUT2D eigenvalue weighted by atomic mass is 19.1. The molecule has 0 spiro atoms. The summed E-state index contributed by atoms with van der Waals surface area (Å²) in [6, 6.07) is 1.92. The molecular formula is C24H29FN6O. The number of ether oxygens (including phenoxy) is 1. The molecule has 1 aliphatic heterocycles. The fourth-order valence-corrected chi connectivity index (χ4v) is 4.98. The molecule has 5 heterocycles. The van der Waals surface area contributed by atoms with Gasteiger partial charge in [0.25, 0.3) is 0 Å². The van der Waals surface area contributed by atoms with Crippen LogP contribution in [0.25, 0.3) is 27.8 Å². The summed E-state index contributed by atoms with van der Waals surface area (Å²) in [5.74, 6) is 0.711. The Labute approximate surface area is 186 Å². The average molecular weight is 437 g/mol. The van der Waals surface area contributed by atoms with Crippen molar-refractivity contribution in [3.63, 3.8) is 0 Å². The van der Waals surface area contributed by atoms with Crippen LogP contribution in [0.2, 0.25) is 0 Å². The number of aromatic amines is 1. The molecule has 1 N–H and O–H groups in total. The summed E-state index contributed by atoms with van der Waals surface area (Å²) in [6.45, 7) is 9.39. The molecule has 32 heavy (non-hydrogen) atoms. The minimum Gasteiger partial charge on any atom is -0.493 e. The first-order valence-electron chi connectivity index (χ1n) is 11.3. The Morgan fingerprint density at radius 2 is 2.03 bits per heavy atom. The van der Waals surface area contributed by atoms with E-state index in [4.69, 9.17) is 4.74 Å². The summed E-state index contributed by atoms with van der Waals surface area (Å²) >= 11 is 0. The lowest BCUT2D eigenvalue weighted by Gasteiger charge is -2.30. The van der Waals surface area contributed by atoms with Gasteiger partial charge in [-0.3, -0.25) is 4.98 Å². The van der Waals surface area contributed by atoms with Crippen LogP contribution in [0.5, 0.6) is 5.75 Å². The van der Waals surface area contributed by atoms with Gasteiger partial charge in [0.05, 0.1) is 30.2 Å².